The van der Waals surface area contributed by atoms with Crippen LogP contribution in [0.2, 0.25) is 0 Å². The van der Waals surface area contributed by atoms with E-state index in [-0.39, 0.29) is 11.9 Å². The molecule has 0 aromatic heterocycles. The lowest BCUT2D eigenvalue weighted by Gasteiger charge is -2.27. The van der Waals surface area contributed by atoms with Gasteiger partial charge in [0.15, 0.2) is 5.96 Å². The third-order valence-electron chi connectivity index (χ3n) is 2.15. The maximum atomic E-state index is 10.9. The molecule has 74 valence electrons. The predicted molar refractivity (Wildman–Crippen MR) is 48.7 cm³/mol. The Labute approximate surface area is 77.2 Å². The summed E-state index contributed by atoms with van der Waals surface area (Å²) in [5.41, 5.74) is 0. The Hall–Kier alpha value is -1.26. The van der Waals surface area contributed by atoms with Crippen molar-refractivity contribution in [2.24, 2.45) is 5.92 Å². The molecule has 13 heavy (non-hydrogen) atoms. The first kappa shape index (κ1) is 9.83. The second kappa shape index (κ2) is 3.64. The van der Waals surface area contributed by atoms with Crippen LogP contribution in [0.25, 0.3) is 0 Å². The first-order valence-corrected chi connectivity index (χ1v) is 4.36. The second-order valence-electron chi connectivity index (χ2n) is 3.50. The number of hydrogen-bond acceptors (Lipinski definition) is 2. The molecule has 1 aliphatic heterocycles. The highest BCUT2D eigenvalue weighted by atomic mass is 16.4. The highest BCUT2D eigenvalue weighted by molar-refractivity contribution is 5.85. The third kappa shape index (κ3) is 1.91. The molecule has 1 unspecified atom stereocenters. The maximum absolute atomic E-state index is 10.9. The molecule has 1 rings (SSSR count). The Morgan fingerprint density at radius 3 is 2.62 bits per heavy atom. The predicted octanol–water partition coefficient (Wildman–Crippen LogP) is -0.0644. The first-order chi connectivity index (χ1) is 6.04. The number of carboxylic acid groups (broad SMARTS) is 1. The van der Waals surface area contributed by atoms with Crippen LogP contribution in [0.5, 0.6) is 0 Å². The summed E-state index contributed by atoms with van der Waals surface area (Å²) >= 11 is 0. The minimum atomic E-state index is -0.858. The summed E-state index contributed by atoms with van der Waals surface area (Å²) < 4.78 is 0. The molecule has 1 heterocycles. The molecule has 0 aromatic carbocycles. The van der Waals surface area contributed by atoms with E-state index in [9.17, 15) is 4.79 Å². The van der Waals surface area contributed by atoms with Crippen molar-refractivity contribution in [2.45, 2.75) is 19.9 Å². The van der Waals surface area contributed by atoms with Gasteiger partial charge in [0.2, 0.25) is 0 Å². The molecule has 5 heteroatoms. The van der Waals surface area contributed by atoms with Crippen molar-refractivity contribution in [2.75, 3.05) is 13.1 Å². The molecular formula is C8H15N3O2. The fourth-order valence-electron chi connectivity index (χ4n) is 1.56. The Morgan fingerprint density at radius 2 is 2.31 bits per heavy atom. The fraction of sp³-hybridized carbons (Fsp3) is 0.750. The fourth-order valence-corrected chi connectivity index (χ4v) is 1.56. The third-order valence-corrected chi connectivity index (χ3v) is 2.15. The van der Waals surface area contributed by atoms with E-state index in [0.717, 1.165) is 0 Å². The van der Waals surface area contributed by atoms with Crippen molar-refractivity contribution in [3.8, 4) is 0 Å². The standard InChI is InChI=1S/C8H15N3O2/c1-5(2)6(7(12)13)11-4-3-10-8(11)9/h5-6H,3-4H2,1-2H3,(H2,9,10)(H,12,13). The van der Waals surface area contributed by atoms with Gasteiger partial charge in [-0.3, -0.25) is 5.41 Å². The summed E-state index contributed by atoms with van der Waals surface area (Å²) in [4.78, 5) is 12.5. The van der Waals surface area contributed by atoms with Crippen LogP contribution in [-0.2, 0) is 4.79 Å². The Morgan fingerprint density at radius 1 is 1.69 bits per heavy atom. The number of guanidine groups is 1. The molecule has 0 bridgehead atoms. The van der Waals surface area contributed by atoms with Gasteiger partial charge in [-0.25, -0.2) is 4.79 Å². The van der Waals surface area contributed by atoms with Crippen molar-refractivity contribution in [3.05, 3.63) is 0 Å². The average molecular weight is 185 g/mol. The zero-order valence-corrected chi connectivity index (χ0v) is 7.87. The molecule has 1 atom stereocenters. The van der Waals surface area contributed by atoms with Gasteiger partial charge in [0.1, 0.15) is 6.04 Å². The van der Waals surface area contributed by atoms with Gasteiger partial charge < -0.3 is 15.3 Å². The first-order valence-electron chi connectivity index (χ1n) is 4.36. The molecule has 1 saturated heterocycles. The monoisotopic (exact) mass is 185 g/mol. The van der Waals surface area contributed by atoms with Gasteiger partial charge in [-0.2, -0.15) is 0 Å². The number of carboxylic acids is 1. The summed E-state index contributed by atoms with van der Waals surface area (Å²) in [6, 6.07) is -0.581. The van der Waals surface area contributed by atoms with Crippen LogP contribution >= 0.6 is 0 Å². The molecule has 0 saturated carbocycles. The van der Waals surface area contributed by atoms with Gasteiger partial charge in [0, 0.05) is 13.1 Å². The highest BCUT2D eigenvalue weighted by Gasteiger charge is 2.32. The summed E-state index contributed by atoms with van der Waals surface area (Å²) in [6.07, 6.45) is 0. The summed E-state index contributed by atoms with van der Waals surface area (Å²) in [5.74, 6) is -0.623. The topological polar surface area (TPSA) is 76.4 Å². The van der Waals surface area contributed by atoms with Crippen LogP contribution in [0.1, 0.15) is 13.8 Å². The zero-order chi connectivity index (χ0) is 10.0. The van der Waals surface area contributed by atoms with Crippen LogP contribution in [0.3, 0.4) is 0 Å². The molecule has 0 radical (unpaired) electrons. The van der Waals surface area contributed by atoms with E-state index in [1.165, 1.54) is 0 Å². The minimum absolute atomic E-state index is 0.0118. The van der Waals surface area contributed by atoms with E-state index in [4.69, 9.17) is 10.5 Å². The second-order valence-corrected chi connectivity index (χ2v) is 3.50. The van der Waals surface area contributed by atoms with Gasteiger partial charge in [0.05, 0.1) is 0 Å². The Balaban J connectivity index is 2.75. The largest absolute Gasteiger partial charge is 0.480 e. The van der Waals surface area contributed by atoms with Crippen LogP contribution < -0.4 is 5.32 Å². The number of nitrogens with one attached hydrogen (secondary N) is 2. The SMILES string of the molecule is CC(C)C(C(=O)O)N1CCNC1=N. The van der Waals surface area contributed by atoms with E-state index in [2.05, 4.69) is 5.32 Å². The maximum Gasteiger partial charge on any atom is 0.326 e. The zero-order valence-electron chi connectivity index (χ0n) is 7.87. The number of aliphatic carboxylic acids is 1. The Bertz CT molecular complexity index is 227. The van der Waals surface area contributed by atoms with Gasteiger partial charge >= 0.3 is 5.97 Å². The van der Waals surface area contributed by atoms with Gasteiger partial charge in [-0.15, -0.1) is 0 Å². The molecule has 0 aromatic rings. The van der Waals surface area contributed by atoms with E-state index < -0.39 is 12.0 Å². The van der Waals surface area contributed by atoms with E-state index in [1.807, 2.05) is 13.8 Å². The number of carbonyl (C=O) groups is 1. The molecule has 1 aliphatic rings. The lowest BCUT2D eigenvalue weighted by molar-refractivity contribution is -0.143. The van der Waals surface area contributed by atoms with Gasteiger partial charge in [0.25, 0.3) is 0 Å². The number of hydrogen-bond donors (Lipinski definition) is 3. The lowest BCUT2D eigenvalue weighted by atomic mass is 10.0. The lowest BCUT2D eigenvalue weighted by Crippen LogP contribution is -2.46. The van der Waals surface area contributed by atoms with Crippen LogP contribution in [-0.4, -0.2) is 41.1 Å². The van der Waals surface area contributed by atoms with E-state index in [0.29, 0.717) is 13.1 Å². The van der Waals surface area contributed by atoms with Gasteiger partial charge in [-0.05, 0) is 5.92 Å². The van der Waals surface area contributed by atoms with Crippen LogP contribution in [0.15, 0.2) is 0 Å². The van der Waals surface area contributed by atoms with Crippen molar-refractivity contribution in [1.82, 2.24) is 10.2 Å². The molecule has 0 spiro atoms. The van der Waals surface area contributed by atoms with Crippen molar-refractivity contribution < 1.29 is 9.90 Å². The van der Waals surface area contributed by atoms with Crippen LogP contribution in [0.4, 0.5) is 0 Å². The molecule has 0 amide bonds. The summed E-state index contributed by atoms with van der Waals surface area (Å²) in [6.45, 7) is 4.97. The van der Waals surface area contributed by atoms with Crippen molar-refractivity contribution in [1.29, 1.82) is 5.41 Å². The molecule has 1 fully saturated rings. The number of rotatable bonds is 3. The molecular weight excluding hydrogens is 170 g/mol. The van der Waals surface area contributed by atoms with Crippen molar-refractivity contribution >= 4 is 11.9 Å². The quantitative estimate of drug-likeness (QED) is 0.575. The van der Waals surface area contributed by atoms with E-state index in [1.54, 1.807) is 4.90 Å². The summed E-state index contributed by atoms with van der Waals surface area (Å²) in [7, 11) is 0. The summed E-state index contributed by atoms with van der Waals surface area (Å²) in [5, 5.41) is 19.2. The Kier molecular flexibility index (Phi) is 2.75. The van der Waals surface area contributed by atoms with E-state index >= 15 is 0 Å². The molecule has 3 N–H and O–H groups in total. The normalized spacial score (nSPS) is 19.0. The van der Waals surface area contributed by atoms with Gasteiger partial charge in [-0.1, -0.05) is 13.8 Å². The molecule has 0 aliphatic carbocycles. The average Bonchev–Trinajstić information content (AvgIpc) is 2.35. The minimum Gasteiger partial charge on any atom is -0.480 e. The van der Waals surface area contributed by atoms with Crippen molar-refractivity contribution in [3.63, 3.8) is 0 Å². The highest BCUT2D eigenvalue weighted by Crippen LogP contribution is 2.12. The smallest absolute Gasteiger partial charge is 0.326 e. The van der Waals surface area contributed by atoms with Crippen LogP contribution in [0, 0.1) is 11.3 Å². The molecule has 5 nitrogen and oxygen atoms in total. The number of nitrogens with zero attached hydrogens (tertiary/aromatic N) is 1.